The van der Waals surface area contributed by atoms with E-state index in [1.54, 1.807) is 13.1 Å². The third kappa shape index (κ3) is 5.87. The summed E-state index contributed by atoms with van der Waals surface area (Å²) in [6, 6.07) is 9.47. The van der Waals surface area contributed by atoms with Gasteiger partial charge in [-0.15, -0.1) is 0 Å². The molecule has 0 aliphatic carbocycles. The van der Waals surface area contributed by atoms with Gasteiger partial charge in [-0.3, -0.25) is 4.99 Å². The second-order valence-corrected chi connectivity index (χ2v) is 5.81. The first-order chi connectivity index (χ1) is 11.1. The van der Waals surface area contributed by atoms with E-state index < -0.39 is 0 Å². The predicted molar refractivity (Wildman–Crippen MR) is 95.2 cm³/mol. The van der Waals surface area contributed by atoms with Crippen LogP contribution in [0.25, 0.3) is 0 Å². The van der Waals surface area contributed by atoms with E-state index in [1.165, 1.54) is 5.56 Å². The van der Waals surface area contributed by atoms with Crippen molar-refractivity contribution in [3.05, 3.63) is 53.3 Å². The number of ether oxygens (including phenoxy) is 1. The van der Waals surface area contributed by atoms with Crippen LogP contribution in [-0.2, 0) is 13.6 Å². The Morgan fingerprint density at radius 1 is 1.35 bits per heavy atom. The minimum Gasteiger partial charge on any atom is -0.489 e. The highest BCUT2D eigenvalue weighted by atomic mass is 35.5. The SMILES string of the molecule is CN=C(NCc1ccn(C)c1)NCC(C)Oc1cccc(Cl)c1. The number of guanidine groups is 1. The summed E-state index contributed by atoms with van der Waals surface area (Å²) >= 11 is 5.95. The highest BCUT2D eigenvalue weighted by Crippen LogP contribution is 2.18. The molecular weight excluding hydrogens is 312 g/mol. The van der Waals surface area contributed by atoms with E-state index in [4.69, 9.17) is 16.3 Å². The van der Waals surface area contributed by atoms with E-state index in [0.717, 1.165) is 18.3 Å². The Morgan fingerprint density at radius 2 is 2.17 bits per heavy atom. The number of rotatable bonds is 6. The zero-order chi connectivity index (χ0) is 16.7. The molecule has 0 aliphatic rings. The summed E-state index contributed by atoms with van der Waals surface area (Å²) in [6.07, 6.45) is 4.09. The molecule has 2 aromatic rings. The van der Waals surface area contributed by atoms with Crippen LogP contribution in [-0.4, -0.2) is 30.2 Å². The molecule has 1 atom stereocenters. The third-order valence-electron chi connectivity index (χ3n) is 3.27. The molecule has 0 bridgehead atoms. The molecule has 0 amide bonds. The number of nitrogens with one attached hydrogen (secondary N) is 2. The third-order valence-corrected chi connectivity index (χ3v) is 3.50. The monoisotopic (exact) mass is 334 g/mol. The Balaban J connectivity index is 1.76. The first-order valence-corrected chi connectivity index (χ1v) is 7.92. The molecule has 2 rings (SSSR count). The molecule has 6 heteroatoms. The lowest BCUT2D eigenvalue weighted by Gasteiger charge is -2.17. The number of nitrogens with zero attached hydrogens (tertiary/aromatic N) is 2. The molecule has 0 saturated heterocycles. The molecule has 23 heavy (non-hydrogen) atoms. The van der Waals surface area contributed by atoms with Crippen molar-refractivity contribution in [3.63, 3.8) is 0 Å². The first kappa shape index (κ1) is 17.2. The number of aryl methyl sites for hydroxylation is 1. The quantitative estimate of drug-likeness (QED) is 0.631. The van der Waals surface area contributed by atoms with E-state index >= 15 is 0 Å². The van der Waals surface area contributed by atoms with Gasteiger partial charge in [0.2, 0.25) is 0 Å². The fraction of sp³-hybridized carbons (Fsp3) is 0.353. The summed E-state index contributed by atoms with van der Waals surface area (Å²) in [5.74, 6) is 1.51. The average molecular weight is 335 g/mol. The lowest BCUT2D eigenvalue weighted by molar-refractivity contribution is 0.224. The van der Waals surface area contributed by atoms with Gasteiger partial charge in [0.1, 0.15) is 11.9 Å². The second-order valence-electron chi connectivity index (χ2n) is 5.38. The molecule has 0 fully saturated rings. The number of halogens is 1. The molecule has 0 spiro atoms. The van der Waals surface area contributed by atoms with Crippen molar-refractivity contribution >= 4 is 17.6 Å². The average Bonchev–Trinajstić information content (AvgIpc) is 2.93. The van der Waals surface area contributed by atoms with E-state index in [0.29, 0.717) is 11.6 Å². The molecule has 124 valence electrons. The number of aromatic nitrogens is 1. The number of aliphatic imine (C=N–C) groups is 1. The van der Waals surface area contributed by atoms with Gasteiger partial charge in [0.25, 0.3) is 0 Å². The van der Waals surface area contributed by atoms with Crippen LogP contribution >= 0.6 is 11.6 Å². The van der Waals surface area contributed by atoms with Gasteiger partial charge >= 0.3 is 0 Å². The van der Waals surface area contributed by atoms with Gasteiger partial charge in [-0.25, -0.2) is 0 Å². The Hall–Kier alpha value is -2.14. The Morgan fingerprint density at radius 3 is 2.83 bits per heavy atom. The van der Waals surface area contributed by atoms with Gasteiger partial charge in [0, 0.05) is 38.1 Å². The van der Waals surface area contributed by atoms with Gasteiger partial charge in [0.15, 0.2) is 5.96 Å². The zero-order valence-corrected chi connectivity index (χ0v) is 14.5. The smallest absolute Gasteiger partial charge is 0.191 e. The summed E-state index contributed by atoms with van der Waals surface area (Å²) in [5, 5.41) is 7.20. The molecule has 0 radical (unpaired) electrons. The fourth-order valence-electron chi connectivity index (χ4n) is 2.13. The van der Waals surface area contributed by atoms with Crippen molar-refractivity contribution in [3.8, 4) is 5.75 Å². The maximum Gasteiger partial charge on any atom is 0.191 e. The molecule has 5 nitrogen and oxygen atoms in total. The standard InChI is InChI=1S/C17H23ClN4O/c1-13(23-16-6-4-5-15(18)9-16)10-20-17(19-2)21-11-14-7-8-22(3)12-14/h4-9,12-13H,10-11H2,1-3H3,(H2,19,20,21). The Labute approximate surface area is 142 Å². The molecule has 1 heterocycles. The lowest BCUT2D eigenvalue weighted by atomic mass is 10.3. The second kappa shape index (κ2) is 8.48. The van der Waals surface area contributed by atoms with E-state index in [9.17, 15) is 0 Å². The van der Waals surface area contributed by atoms with Crippen LogP contribution in [0.1, 0.15) is 12.5 Å². The van der Waals surface area contributed by atoms with Gasteiger partial charge < -0.3 is 19.9 Å². The van der Waals surface area contributed by atoms with Crippen LogP contribution in [0.3, 0.4) is 0 Å². The maximum absolute atomic E-state index is 5.95. The largest absolute Gasteiger partial charge is 0.489 e. The molecular formula is C17H23ClN4O. The van der Waals surface area contributed by atoms with Crippen molar-refractivity contribution in [1.82, 2.24) is 15.2 Å². The van der Waals surface area contributed by atoms with Gasteiger partial charge in [-0.2, -0.15) is 0 Å². The molecule has 2 N–H and O–H groups in total. The number of hydrogen-bond acceptors (Lipinski definition) is 2. The summed E-state index contributed by atoms with van der Waals surface area (Å²) in [5.41, 5.74) is 1.21. The highest BCUT2D eigenvalue weighted by Gasteiger charge is 2.06. The van der Waals surface area contributed by atoms with Crippen molar-refractivity contribution in [2.24, 2.45) is 12.0 Å². The Bertz CT molecular complexity index is 654. The van der Waals surface area contributed by atoms with Crippen LogP contribution in [0.15, 0.2) is 47.7 Å². The first-order valence-electron chi connectivity index (χ1n) is 7.54. The van der Waals surface area contributed by atoms with E-state index in [1.807, 2.05) is 42.9 Å². The van der Waals surface area contributed by atoms with Crippen molar-refractivity contribution < 1.29 is 4.74 Å². The molecule has 1 unspecified atom stereocenters. The van der Waals surface area contributed by atoms with Crippen LogP contribution in [0.5, 0.6) is 5.75 Å². The minimum absolute atomic E-state index is 0.0104. The van der Waals surface area contributed by atoms with Crippen molar-refractivity contribution in [2.75, 3.05) is 13.6 Å². The van der Waals surface area contributed by atoms with E-state index in [2.05, 4.69) is 27.9 Å². The minimum atomic E-state index is -0.0104. The Kier molecular flexibility index (Phi) is 6.35. The molecule has 1 aromatic carbocycles. The fourth-order valence-corrected chi connectivity index (χ4v) is 2.31. The van der Waals surface area contributed by atoms with Crippen LogP contribution in [0.2, 0.25) is 5.02 Å². The van der Waals surface area contributed by atoms with Crippen molar-refractivity contribution in [1.29, 1.82) is 0 Å². The highest BCUT2D eigenvalue weighted by molar-refractivity contribution is 6.30. The van der Waals surface area contributed by atoms with Gasteiger partial charge in [-0.1, -0.05) is 17.7 Å². The van der Waals surface area contributed by atoms with E-state index in [-0.39, 0.29) is 6.10 Å². The molecule has 0 saturated carbocycles. The van der Waals surface area contributed by atoms with Crippen LogP contribution in [0.4, 0.5) is 0 Å². The summed E-state index contributed by atoms with van der Waals surface area (Å²) in [6.45, 7) is 3.36. The predicted octanol–water partition coefficient (Wildman–Crippen LogP) is 2.81. The number of hydrogen-bond donors (Lipinski definition) is 2. The topological polar surface area (TPSA) is 50.6 Å². The summed E-state index contributed by atoms with van der Waals surface area (Å²) in [7, 11) is 3.76. The summed E-state index contributed by atoms with van der Waals surface area (Å²) < 4.78 is 7.85. The molecule has 1 aromatic heterocycles. The van der Waals surface area contributed by atoms with Crippen LogP contribution in [0, 0.1) is 0 Å². The normalized spacial score (nSPS) is 12.8. The van der Waals surface area contributed by atoms with Gasteiger partial charge in [-0.05, 0) is 36.8 Å². The lowest BCUT2D eigenvalue weighted by Crippen LogP contribution is -2.41. The number of benzene rings is 1. The van der Waals surface area contributed by atoms with Crippen molar-refractivity contribution in [2.45, 2.75) is 19.6 Å². The molecule has 0 aliphatic heterocycles. The maximum atomic E-state index is 5.95. The summed E-state index contributed by atoms with van der Waals surface area (Å²) in [4.78, 5) is 4.21. The van der Waals surface area contributed by atoms with Crippen LogP contribution < -0.4 is 15.4 Å². The van der Waals surface area contributed by atoms with Gasteiger partial charge in [0.05, 0.1) is 6.54 Å². The zero-order valence-electron chi connectivity index (χ0n) is 13.7.